The molecular weight excluding hydrogens is 306 g/mol. The van der Waals surface area contributed by atoms with Crippen LogP contribution in [0.25, 0.3) is 0 Å². The quantitative estimate of drug-likeness (QED) is 0.688. The van der Waals surface area contributed by atoms with Crippen LogP contribution in [0, 0.1) is 11.8 Å². The third-order valence-electron chi connectivity index (χ3n) is 4.21. The van der Waals surface area contributed by atoms with E-state index in [1.54, 1.807) is 11.8 Å². The van der Waals surface area contributed by atoms with E-state index >= 15 is 0 Å². The van der Waals surface area contributed by atoms with Gasteiger partial charge in [-0.2, -0.15) is 0 Å². The topological polar surface area (TPSA) is 12.4 Å². The molecule has 1 aromatic rings. The maximum atomic E-state index is 5.91. The predicted octanol–water partition coefficient (Wildman–Crippen LogP) is 5.73. The molecule has 1 heterocycles. The number of hydrogen-bond acceptors (Lipinski definition) is 3. The summed E-state index contributed by atoms with van der Waals surface area (Å²) in [5.74, 6) is 3.00. The van der Waals surface area contributed by atoms with Crippen LogP contribution in [0.5, 0.6) is 0 Å². The van der Waals surface area contributed by atoms with Crippen molar-refractivity contribution in [2.24, 2.45) is 16.8 Å². The minimum Gasteiger partial charge on any atom is -0.271 e. The second-order valence-electron chi connectivity index (χ2n) is 5.63. The highest BCUT2D eigenvalue weighted by molar-refractivity contribution is 8.38. The second kappa shape index (κ2) is 7.24. The van der Waals surface area contributed by atoms with Crippen LogP contribution < -0.4 is 0 Å². The molecule has 1 atom stereocenters. The van der Waals surface area contributed by atoms with E-state index in [4.69, 9.17) is 16.6 Å². The molecule has 4 heteroatoms. The number of aliphatic imine (C=N–C) groups is 1. The van der Waals surface area contributed by atoms with E-state index in [1.807, 2.05) is 23.9 Å². The van der Waals surface area contributed by atoms with Gasteiger partial charge in [0.2, 0.25) is 0 Å². The van der Waals surface area contributed by atoms with E-state index in [0.717, 1.165) is 23.4 Å². The summed E-state index contributed by atoms with van der Waals surface area (Å²) in [6.45, 7) is 1.04. The lowest BCUT2D eigenvalue weighted by Crippen LogP contribution is -2.25. The van der Waals surface area contributed by atoms with Gasteiger partial charge in [0.25, 0.3) is 0 Å². The minimum absolute atomic E-state index is 0.796. The first kappa shape index (κ1) is 14.8. The number of hydrogen-bond donors (Lipinski definition) is 0. The Bertz CT molecular complexity index is 466. The highest BCUT2D eigenvalue weighted by atomic mass is 35.5. The van der Waals surface area contributed by atoms with Gasteiger partial charge in [-0.1, -0.05) is 67.2 Å². The molecular formula is C16H20ClNS2. The maximum Gasteiger partial charge on any atom is 0.129 e. The molecule has 108 valence electrons. The average molecular weight is 326 g/mol. The van der Waals surface area contributed by atoms with E-state index in [9.17, 15) is 0 Å². The fourth-order valence-corrected chi connectivity index (χ4v) is 5.39. The van der Waals surface area contributed by atoms with E-state index < -0.39 is 0 Å². The summed E-state index contributed by atoms with van der Waals surface area (Å²) in [5, 5.41) is 0.796. The molecule has 1 fully saturated rings. The van der Waals surface area contributed by atoms with Crippen molar-refractivity contribution in [1.82, 2.24) is 0 Å². The molecule has 0 aromatic heterocycles. The number of thioether (sulfide) groups is 2. The van der Waals surface area contributed by atoms with Crippen molar-refractivity contribution in [3.05, 3.63) is 29.3 Å². The van der Waals surface area contributed by atoms with Gasteiger partial charge in [-0.3, -0.25) is 4.99 Å². The molecule has 0 spiro atoms. The summed E-state index contributed by atoms with van der Waals surface area (Å²) < 4.78 is 1.22. The normalized spacial score (nSPS) is 24.4. The largest absolute Gasteiger partial charge is 0.271 e. The minimum atomic E-state index is 0.796. The van der Waals surface area contributed by atoms with Gasteiger partial charge in [0, 0.05) is 22.2 Å². The van der Waals surface area contributed by atoms with Crippen LogP contribution in [0.1, 0.15) is 32.1 Å². The highest BCUT2D eigenvalue weighted by Crippen LogP contribution is 2.37. The lowest BCUT2D eigenvalue weighted by Gasteiger charge is -2.31. The average Bonchev–Trinajstić information content (AvgIpc) is 2.51. The Labute approximate surface area is 135 Å². The molecule has 3 rings (SSSR count). The maximum absolute atomic E-state index is 5.91. The molecule has 0 saturated heterocycles. The Hall–Kier alpha value is -0.120. The van der Waals surface area contributed by atoms with Crippen molar-refractivity contribution in [3.63, 3.8) is 0 Å². The number of nitrogens with zero attached hydrogens (tertiary/aromatic N) is 1. The Kier molecular flexibility index (Phi) is 5.36. The summed E-state index contributed by atoms with van der Waals surface area (Å²) in [7, 11) is 0. The highest BCUT2D eigenvalue weighted by Gasteiger charge is 2.26. The lowest BCUT2D eigenvalue weighted by molar-refractivity contribution is 0.272. The number of benzene rings is 1. The van der Waals surface area contributed by atoms with Crippen molar-refractivity contribution >= 4 is 39.5 Å². The van der Waals surface area contributed by atoms with E-state index in [2.05, 4.69) is 12.1 Å². The summed E-state index contributed by atoms with van der Waals surface area (Å²) in [5.41, 5.74) is 0. The Morgan fingerprint density at radius 3 is 2.45 bits per heavy atom. The van der Waals surface area contributed by atoms with Crippen LogP contribution in [0.4, 0.5) is 0 Å². The molecule has 0 amide bonds. The van der Waals surface area contributed by atoms with Gasteiger partial charge in [-0.05, 0) is 36.1 Å². The van der Waals surface area contributed by atoms with Gasteiger partial charge < -0.3 is 0 Å². The van der Waals surface area contributed by atoms with Gasteiger partial charge in [0.05, 0.1) is 0 Å². The zero-order chi connectivity index (χ0) is 13.8. The molecule has 1 aliphatic heterocycles. The predicted molar refractivity (Wildman–Crippen MR) is 92.1 cm³/mol. The molecule has 20 heavy (non-hydrogen) atoms. The molecule has 0 radical (unpaired) electrons. The second-order valence-corrected chi connectivity index (χ2v) is 8.40. The summed E-state index contributed by atoms with van der Waals surface area (Å²) in [6.07, 6.45) is 7.17. The van der Waals surface area contributed by atoms with Crippen molar-refractivity contribution in [2.75, 3.05) is 12.3 Å². The molecule has 1 unspecified atom stereocenters. The van der Waals surface area contributed by atoms with Crippen LogP contribution in [-0.2, 0) is 0 Å². The standard InChI is InChI=1S/C16H20ClNS2/c17-14-6-8-15(9-7-14)20-16-18-10-13(11-19-16)12-4-2-1-3-5-12/h6-9,12-13H,1-5,10-11H2. The van der Waals surface area contributed by atoms with Gasteiger partial charge in [0.1, 0.15) is 4.38 Å². The van der Waals surface area contributed by atoms with Gasteiger partial charge in [-0.15, -0.1) is 0 Å². The number of halogens is 1. The zero-order valence-corrected chi connectivity index (χ0v) is 13.9. The summed E-state index contributed by atoms with van der Waals surface area (Å²) in [6, 6.07) is 8.04. The molecule has 0 N–H and O–H groups in total. The van der Waals surface area contributed by atoms with Crippen LogP contribution >= 0.6 is 35.1 Å². The Morgan fingerprint density at radius 1 is 1.05 bits per heavy atom. The van der Waals surface area contributed by atoms with E-state index in [0.29, 0.717) is 0 Å². The van der Waals surface area contributed by atoms with E-state index in [-0.39, 0.29) is 0 Å². The third kappa shape index (κ3) is 3.96. The van der Waals surface area contributed by atoms with Crippen molar-refractivity contribution in [1.29, 1.82) is 0 Å². The first-order valence-corrected chi connectivity index (χ1v) is 9.60. The van der Waals surface area contributed by atoms with Crippen LogP contribution in [-0.4, -0.2) is 16.7 Å². The van der Waals surface area contributed by atoms with Crippen molar-refractivity contribution in [2.45, 2.75) is 37.0 Å². The monoisotopic (exact) mass is 325 g/mol. The smallest absolute Gasteiger partial charge is 0.129 e. The van der Waals surface area contributed by atoms with Crippen molar-refractivity contribution in [3.8, 4) is 0 Å². The van der Waals surface area contributed by atoms with Crippen molar-refractivity contribution < 1.29 is 0 Å². The Balaban J connectivity index is 1.55. The molecule has 1 aromatic carbocycles. The first-order valence-electron chi connectivity index (χ1n) is 7.42. The molecule has 0 bridgehead atoms. The van der Waals surface area contributed by atoms with Crippen LogP contribution in [0.3, 0.4) is 0 Å². The third-order valence-corrected chi connectivity index (χ3v) is 6.85. The fourth-order valence-electron chi connectivity index (χ4n) is 3.02. The molecule has 1 aliphatic carbocycles. The van der Waals surface area contributed by atoms with Gasteiger partial charge in [0.15, 0.2) is 0 Å². The Morgan fingerprint density at radius 2 is 1.80 bits per heavy atom. The SMILES string of the molecule is Clc1ccc(SC2=NCC(C3CCCCC3)CS2)cc1. The molecule has 2 aliphatic rings. The first-order chi connectivity index (χ1) is 9.81. The fraction of sp³-hybridized carbons (Fsp3) is 0.562. The van der Waals surface area contributed by atoms with Gasteiger partial charge >= 0.3 is 0 Å². The van der Waals surface area contributed by atoms with Crippen LogP contribution in [0.2, 0.25) is 5.02 Å². The summed E-state index contributed by atoms with van der Waals surface area (Å²) >= 11 is 9.64. The van der Waals surface area contributed by atoms with E-state index in [1.165, 1.54) is 47.1 Å². The van der Waals surface area contributed by atoms with Gasteiger partial charge in [-0.25, -0.2) is 0 Å². The lowest BCUT2D eigenvalue weighted by atomic mass is 9.81. The van der Waals surface area contributed by atoms with Crippen LogP contribution in [0.15, 0.2) is 34.2 Å². The summed E-state index contributed by atoms with van der Waals surface area (Å²) in [4.78, 5) is 6.05. The zero-order valence-electron chi connectivity index (χ0n) is 11.6. The molecule has 1 nitrogen and oxygen atoms in total. The number of rotatable bonds is 2. The molecule has 1 saturated carbocycles.